The van der Waals surface area contributed by atoms with Crippen molar-refractivity contribution in [3.63, 3.8) is 0 Å². The summed E-state index contributed by atoms with van der Waals surface area (Å²) in [7, 11) is 2.25. The van der Waals surface area contributed by atoms with Crippen LogP contribution in [0.25, 0.3) is 0 Å². The molecule has 44 heavy (non-hydrogen) atoms. The van der Waals surface area contributed by atoms with Gasteiger partial charge >= 0.3 is 0 Å². The Morgan fingerprint density at radius 3 is 2.00 bits per heavy atom. The van der Waals surface area contributed by atoms with Crippen LogP contribution in [0.1, 0.15) is 62.6 Å². The third kappa shape index (κ3) is 12.3. The molecule has 3 aromatic carbocycles. The van der Waals surface area contributed by atoms with Crippen molar-refractivity contribution in [3.8, 4) is 0 Å². The van der Waals surface area contributed by atoms with E-state index in [9.17, 15) is 0 Å². The van der Waals surface area contributed by atoms with Crippen LogP contribution in [-0.2, 0) is 13.0 Å². The SMILES string of the molecule is C=CCC.CCCc1ccccc1N(C)CCN1CCN(c2ccccc2CN2CCCCC2)CC1.Cc1ccc(Cl)cc1. The first-order valence-electron chi connectivity index (χ1n) is 16.8. The molecule has 0 aromatic heterocycles. The Hall–Kier alpha value is -2.79. The van der Waals surface area contributed by atoms with Crippen LogP contribution in [0.2, 0.25) is 5.02 Å². The van der Waals surface area contributed by atoms with Crippen molar-refractivity contribution in [2.24, 2.45) is 0 Å². The number of halogens is 1. The number of benzene rings is 3. The third-order valence-corrected chi connectivity index (χ3v) is 8.77. The van der Waals surface area contributed by atoms with E-state index in [-0.39, 0.29) is 0 Å². The summed E-state index contributed by atoms with van der Waals surface area (Å²) in [4.78, 5) is 10.4. The Balaban J connectivity index is 0.000000370. The van der Waals surface area contributed by atoms with Crippen LogP contribution in [0, 0.1) is 6.92 Å². The predicted molar refractivity (Wildman–Crippen MR) is 195 cm³/mol. The molecule has 0 amide bonds. The number of nitrogens with zero attached hydrogens (tertiary/aromatic N) is 4. The number of piperazine rings is 1. The summed E-state index contributed by atoms with van der Waals surface area (Å²) < 4.78 is 0. The molecule has 240 valence electrons. The number of hydrogen-bond acceptors (Lipinski definition) is 4. The van der Waals surface area contributed by atoms with Gasteiger partial charge in [-0.3, -0.25) is 9.80 Å². The number of anilines is 2. The Morgan fingerprint density at radius 2 is 1.39 bits per heavy atom. The summed E-state index contributed by atoms with van der Waals surface area (Å²) in [6, 6.07) is 25.8. The second kappa shape index (κ2) is 20.3. The average Bonchev–Trinajstić information content (AvgIpc) is 3.07. The molecular formula is C39H57ClN4. The monoisotopic (exact) mass is 616 g/mol. The van der Waals surface area contributed by atoms with Crippen LogP contribution in [-0.4, -0.2) is 69.2 Å². The van der Waals surface area contributed by atoms with Gasteiger partial charge in [-0.2, -0.15) is 0 Å². The van der Waals surface area contributed by atoms with E-state index in [0.29, 0.717) is 0 Å². The van der Waals surface area contributed by atoms with Crippen LogP contribution < -0.4 is 9.80 Å². The minimum absolute atomic E-state index is 0.801. The van der Waals surface area contributed by atoms with Crippen molar-refractivity contribution in [3.05, 3.63) is 107 Å². The molecule has 0 spiro atoms. The topological polar surface area (TPSA) is 13.0 Å². The molecule has 2 aliphatic rings. The molecule has 0 radical (unpaired) electrons. The number of likely N-dealkylation sites (N-methyl/N-ethyl adjacent to an activating group) is 1. The molecule has 2 saturated heterocycles. The maximum absolute atomic E-state index is 5.61. The number of rotatable bonds is 10. The van der Waals surface area contributed by atoms with Gasteiger partial charge in [0.2, 0.25) is 0 Å². The van der Waals surface area contributed by atoms with Crippen LogP contribution >= 0.6 is 11.6 Å². The van der Waals surface area contributed by atoms with Crippen LogP contribution in [0.15, 0.2) is 85.5 Å². The largest absolute Gasteiger partial charge is 0.373 e. The van der Waals surface area contributed by atoms with E-state index in [1.807, 2.05) is 37.3 Å². The van der Waals surface area contributed by atoms with Gasteiger partial charge in [0.25, 0.3) is 0 Å². The molecule has 0 bridgehead atoms. The van der Waals surface area contributed by atoms with E-state index >= 15 is 0 Å². The first-order chi connectivity index (χ1) is 21.4. The standard InChI is InChI=1S/C28H42N4.C7H7Cl.C4H8/c1-3-11-25-12-5-7-14-27(25)29(2)18-19-30-20-22-32(23-21-30)28-15-8-6-13-26(28)24-31-16-9-4-10-17-31;1-6-2-4-7(8)5-3-6;1-3-4-2/h5-8,12-15H,3-4,9-11,16-24H2,1-2H3;2-5H,1H3;3H,1,4H2,2H3. The van der Waals surface area contributed by atoms with E-state index in [0.717, 1.165) is 63.7 Å². The summed E-state index contributed by atoms with van der Waals surface area (Å²) in [6.07, 6.45) is 9.44. The summed E-state index contributed by atoms with van der Waals surface area (Å²) in [6.45, 7) is 20.3. The van der Waals surface area contributed by atoms with Crippen LogP contribution in [0.5, 0.6) is 0 Å². The average molecular weight is 617 g/mol. The molecule has 0 atom stereocenters. The number of allylic oxidation sites excluding steroid dienone is 1. The van der Waals surface area contributed by atoms with Crippen molar-refractivity contribution in [2.75, 3.05) is 69.2 Å². The van der Waals surface area contributed by atoms with Gasteiger partial charge < -0.3 is 9.80 Å². The minimum atomic E-state index is 0.801. The molecule has 3 aromatic rings. The number of piperidine rings is 1. The van der Waals surface area contributed by atoms with Gasteiger partial charge in [0.15, 0.2) is 0 Å². The highest BCUT2D eigenvalue weighted by molar-refractivity contribution is 6.30. The van der Waals surface area contributed by atoms with Crippen molar-refractivity contribution < 1.29 is 0 Å². The summed E-state index contributed by atoms with van der Waals surface area (Å²) >= 11 is 5.61. The lowest BCUT2D eigenvalue weighted by Gasteiger charge is -2.38. The Bertz CT molecular complexity index is 1180. The second-order valence-corrected chi connectivity index (χ2v) is 12.5. The van der Waals surface area contributed by atoms with Gasteiger partial charge in [-0.25, -0.2) is 0 Å². The molecule has 2 heterocycles. The molecule has 0 unspecified atom stereocenters. The predicted octanol–water partition coefficient (Wildman–Crippen LogP) is 9.11. The molecule has 0 aliphatic carbocycles. The zero-order valence-electron chi connectivity index (χ0n) is 28.0. The van der Waals surface area contributed by atoms with E-state index in [2.05, 4.69) is 95.6 Å². The van der Waals surface area contributed by atoms with Gasteiger partial charge in [0.05, 0.1) is 0 Å². The van der Waals surface area contributed by atoms with Gasteiger partial charge in [0.1, 0.15) is 0 Å². The Kier molecular flexibility index (Phi) is 16.4. The highest BCUT2D eigenvalue weighted by Gasteiger charge is 2.21. The summed E-state index contributed by atoms with van der Waals surface area (Å²) in [5, 5.41) is 0.801. The molecule has 2 fully saturated rings. The summed E-state index contributed by atoms with van der Waals surface area (Å²) in [5.74, 6) is 0. The number of para-hydroxylation sites is 2. The molecule has 4 nitrogen and oxygen atoms in total. The highest BCUT2D eigenvalue weighted by Crippen LogP contribution is 2.25. The molecule has 0 N–H and O–H groups in total. The number of hydrogen-bond donors (Lipinski definition) is 0. The smallest absolute Gasteiger partial charge is 0.0412 e. The van der Waals surface area contributed by atoms with Crippen molar-refractivity contribution in [1.82, 2.24) is 9.80 Å². The summed E-state index contributed by atoms with van der Waals surface area (Å²) in [5.41, 5.74) is 7.10. The van der Waals surface area contributed by atoms with Crippen LogP contribution in [0.3, 0.4) is 0 Å². The van der Waals surface area contributed by atoms with E-state index in [1.54, 1.807) is 0 Å². The third-order valence-electron chi connectivity index (χ3n) is 8.52. The number of likely N-dealkylation sites (tertiary alicyclic amines) is 1. The number of aryl methyl sites for hydroxylation is 2. The lowest BCUT2D eigenvalue weighted by molar-refractivity contribution is 0.220. The van der Waals surface area contributed by atoms with Gasteiger partial charge in [-0.1, -0.05) is 98.5 Å². The van der Waals surface area contributed by atoms with Crippen molar-refractivity contribution in [1.29, 1.82) is 0 Å². The van der Waals surface area contributed by atoms with E-state index in [1.165, 1.54) is 66.8 Å². The molecule has 0 saturated carbocycles. The van der Waals surface area contributed by atoms with Gasteiger partial charge in [0, 0.05) is 69.3 Å². The molecule has 2 aliphatic heterocycles. The maximum Gasteiger partial charge on any atom is 0.0412 e. The fraction of sp³-hybridized carbons (Fsp3) is 0.487. The lowest BCUT2D eigenvalue weighted by Crippen LogP contribution is -2.48. The van der Waals surface area contributed by atoms with Crippen molar-refractivity contribution >= 4 is 23.0 Å². The molecule has 5 rings (SSSR count). The zero-order valence-corrected chi connectivity index (χ0v) is 28.7. The van der Waals surface area contributed by atoms with Crippen LogP contribution in [0.4, 0.5) is 11.4 Å². The zero-order chi connectivity index (χ0) is 31.6. The van der Waals surface area contributed by atoms with Gasteiger partial charge in [-0.15, -0.1) is 6.58 Å². The quantitative estimate of drug-likeness (QED) is 0.211. The first-order valence-corrected chi connectivity index (χ1v) is 17.2. The highest BCUT2D eigenvalue weighted by atomic mass is 35.5. The van der Waals surface area contributed by atoms with E-state index in [4.69, 9.17) is 11.6 Å². The van der Waals surface area contributed by atoms with Crippen molar-refractivity contribution in [2.45, 2.75) is 65.8 Å². The molecular weight excluding hydrogens is 560 g/mol. The Morgan fingerprint density at radius 1 is 0.773 bits per heavy atom. The van der Waals surface area contributed by atoms with E-state index < -0.39 is 0 Å². The lowest BCUT2D eigenvalue weighted by atomic mass is 10.1. The Labute approximate surface area is 274 Å². The fourth-order valence-corrected chi connectivity index (χ4v) is 5.96. The van der Waals surface area contributed by atoms with Gasteiger partial charge in [-0.05, 0) is 81.1 Å². The molecule has 5 heteroatoms. The minimum Gasteiger partial charge on any atom is -0.373 e. The fourth-order valence-electron chi connectivity index (χ4n) is 5.83. The second-order valence-electron chi connectivity index (χ2n) is 12.1. The maximum atomic E-state index is 5.61. The normalized spacial score (nSPS) is 15.4. The first kappa shape index (κ1) is 35.7.